The minimum absolute atomic E-state index is 0.443. The molecule has 0 spiro atoms. The van der Waals surface area contributed by atoms with Crippen molar-refractivity contribution in [2.75, 3.05) is 5.32 Å². The fourth-order valence-corrected chi connectivity index (χ4v) is 2.34. The van der Waals surface area contributed by atoms with Gasteiger partial charge >= 0.3 is 0 Å². The summed E-state index contributed by atoms with van der Waals surface area (Å²) in [5.74, 6) is 0. The summed E-state index contributed by atoms with van der Waals surface area (Å²) < 4.78 is 0. The van der Waals surface area contributed by atoms with E-state index >= 15 is 0 Å². The van der Waals surface area contributed by atoms with Crippen LogP contribution in [0.3, 0.4) is 0 Å². The van der Waals surface area contributed by atoms with Gasteiger partial charge < -0.3 is 10.6 Å². The number of thiocarbonyl (C=S) groups is 1. The van der Waals surface area contributed by atoms with Crippen LogP contribution in [0.1, 0.15) is 25.7 Å². The molecule has 1 heterocycles. The number of rotatable bonds is 2. The van der Waals surface area contributed by atoms with E-state index in [1.54, 1.807) is 6.20 Å². The van der Waals surface area contributed by atoms with E-state index in [0.29, 0.717) is 16.3 Å². The molecule has 0 atom stereocenters. The fraction of sp³-hybridized carbons (Fsp3) is 0.455. The van der Waals surface area contributed by atoms with Gasteiger partial charge in [0.15, 0.2) is 10.3 Å². The van der Waals surface area contributed by atoms with E-state index in [0.717, 1.165) is 5.69 Å². The topological polar surface area (TPSA) is 37.0 Å². The van der Waals surface area contributed by atoms with Crippen LogP contribution >= 0.6 is 23.8 Å². The Balaban J connectivity index is 1.89. The Morgan fingerprint density at radius 2 is 2.19 bits per heavy atom. The maximum atomic E-state index is 5.92. The average Bonchev–Trinajstić information content (AvgIpc) is 2.74. The molecule has 0 unspecified atom stereocenters. The minimum atomic E-state index is 0.443. The molecule has 0 saturated heterocycles. The molecule has 1 aromatic heterocycles. The van der Waals surface area contributed by atoms with Crippen molar-refractivity contribution in [3.05, 3.63) is 23.5 Å². The molecule has 1 aliphatic rings. The van der Waals surface area contributed by atoms with Crippen LogP contribution in [-0.2, 0) is 0 Å². The Kier molecular flexibility index (Phi) is 3.96. The molecule has 0 bridgehead atoms. The van der Waals surface area contributed by atoms with Crippen molar-refractivity contribution in [2.45, 2.75) is 31.7 Å². The molecule has 5 heteroatoms. The van der Waals surface area contributed by atoms with Crippen LogP contribution in [0.4, 0.5) is 5.69 Å². The second kappa shape index (κ2) is 5.46. The quantitative estimate of drug-likeness (QED) is 0.629. The number of nitrogens with one attached hydrogen (secondary N) is 2. The molecular formula is C11H14ClN3S. The van der Waals surface area contributed by atoms with Crippen LogP contribution in [0.5, 0.6) is 0 Å². The molecule has 86 valence electrons. The third-order valence-corrected chi connectivity index (χ3v) is 3.22. The highest BCUT2D eigenvalue weighted by Gasteiger charge is 2.15. The van der Waals surface area contributed by atoms with Crippen molar-refractivity contribution in [1.82, 2.24) is 10.3 Å². The number of pyridine rings is 1. The summed E-state index contributed by atoms with van der Waals surface area (Å²) in [6, 6.07) is 4.19. The average molecular weight is 256 g/mol. The zero-order chi connectivity index (χ0) is 11.4. The Morgan fingerprint density at radius 1 is 1.44 bits per heavy atom. The molecule has 0 aromatic carbocycles. The first kappa shape index (κ1) is 11.6. The van der Waals surface area contributed by atoms with Gasteiger partial charge in [-0.1, -0.05) is 24.4 Å². The maximum Gasteiger partial charge on any atom is 0.171 e. The maximum absolute atomic E-state index is 5.92. The third kappa shape index (κ3) is 3.06. The summed E-state index contributed by atoms with van der Waals surface area (Å²) in [6.45, 7) is 0. The zero-order valence-corrected chi connectivity index (χ0v) is 10.4. The largest absolute Gasteiger partial charge is 0.360 e. The van der Waals surface area contributed by atoms with Crippen molar-refractivity contribution in [1.29, 1.82) is 0 Å². The molecule has 0 aliphatic heterocycles. The fourth-order valence-electron chi connectivity index (χ4n) is 1.89. The van der Waals surface area contributed by atoms with Crippen molar-refractivity contribution in [3.63, 3.8) is 0 Å². The smallest absolute Gasteiger partial charge is 0.171 e. The number of aromatic nitrogens is 1. The molecule has 0 radical (unpaired) electrons. The molecule has 0 amide bonds. The third-order valence-electron chi connectivity index (χ3n) is 2.70. The van der Waals surface area contributed by atoms with Crippen molar-refractivity contribution in [3.8, 4) is 0 Å². The van der Waals surface area contributed by atoms with Crippen LogP contribution < -0.4 is 10.6 Å². The van der Waals surface area contributed by atoms with Crippen molar-refractivity contribution < 1.29 is 0 Å². The predicted octanol–water partition coefficient (Wildman–Crippen LogP) is 2.96. The van der Waals surface area contributed by atoms with Gasteiger partial charge in [0.1, 0.15) is 0 Å². The summed E-state index contributed by atoms with van der Waals surface area (Å²) in [7, 11) is 0. The number of halogens is 1. The van der Waals surface area contributed by atoms with Crippen LogP contribution in [0.25, 0.3) is 0 Å². The van der Waals surface area contributed by atoms with E-state index in [4.69, 9.17) is 23.8 Å². The lowest BCUT2D eigenvalue weighted by Gasteiger charge is -2.15. The summed E-state index contributed by atoms with van der Waals surface area (Å²) >= 11 is 11.1. The standard InChI is InChI=1S/C11H14ClN3S/c12-10-9(6-3-7-13-10)15-11(16)14-8-4-1-2-5-8/h3,6-8H,1-2,4-5H2,(H2,14,15,16). The summed E-state index contributed by atoms with van der Waals surface area (Å²) in [6.07, 6.45) is 6.62. The second-order valence-electron chi connectivity index (χ2n) is 3.92. The van der Waals surface area contributed by atoms with E-state index in [2.05, 4.69) is 15.6 Å². The van der Waals surface area contributed by atoms with Crippen LogP contribution in [0.2, 0.25) is 5.15 Å². The van der Waals surface area contributed by atoms with Gasteiger partial charge in [-0.25, -0.2) is 4.98 Å². The Hall–Kier alpha value is -0.870. The van der Waals surface area contributed by atoms with Gasteiger partial charge in [0.05, 0.1) is 5.69 Å². The van der Waals surface area contributed by atoms with Crippen molar-refractivity contribution >= 4 is 34.6 Å². The Bertz CT molecular complexity index is 377. The highest BCUT2D eigenvalue weighted by Crippen LogP contribution is 2.19. The SMILES string of the molecule is S=C(Nc1cccnc1Cl)NC1CCCC1. The summed E-state index contributed by atoms with van der Waals surface area (Å²) in [5, 5.41) is 7.42. The van der Waals surface area contributed by atoms with Gasteiger partial charge in [-0.05, 0) is 37.2 Å². The normalized spacial score (nSPS) is 16.1. The van der Waals surface area contributed by atoms with Crippen LogP contribution in [0.15, 0.2) is 18.3 Å². The molecule has 16 heavy (non-hydrogen) atoms. The first-order valence-electron chi connectivity index (χ1n) is 5.44. The molecule has 1 aromatic rings. The molecule has 2 N–H and O–H groups in total. The first-order chi connectivity index (χ1) is 7.75. The zero-order valence-electron chi connectivity index (χ0n) is 8.87. The Morgan fingerprint density at radius 3 is 2.88 bits per heavy atom. The van der Waals surface area contributed by atoms with E-state index in [-0.39, 0.29) is 0 Å². The predicted molar refractivity (Wildman–Crippen MR) is 70.9 cm³/mol. The van der Waals surface area contributed by atoms with E-state index in [1.165, 1.54) is 25.7 Å². The minimum Gasteiger partial charge on any atom is -0.360 e. The second-order valence-corrected chi connectivity index (χ2v) is 4.69. The number of anilines is 1. The molecule has 3 nitrogen and oxygen atoms in total. The van der Waals surface area contributed by atoms with E-state index in [9.17, 15) is 0 Å². The molecular weight excluding hydrogens is 242 g/mol. The summed E-state index contributed by atoms with van der Waals surface area (Å²) in [4.78, 5) is 3.98. The van der Waals surface area contributed by atoms with Gasteiger partial charge in [-0.15, -0.1) is 0 Å². The van der Waals surface area contributed by atoms with E-state index < -0.39 is 0 Å². The summed E-state index contributed by atoms with van der Waals surface area (Å²) in [5.41, 5.74) is 0.750. The van der Waals surface area contributed by atoms with E-state index in [1.807, 2.05) is 12.1 Å². The highest BCUT2D eigenvalue weighted by atomic mass is 35.5. The number of hydrogen-bond acceptors (Lipinski definition) is 2. The highest BCUT2D eigenvalue weighted by molar-refractivity contribution is 7.80. The monoisotopic (exact) mass is 255 g/mol. The lowest BCUT2D eigenvalue weighted by Crippen LogP contribution is -2.36. The Labute approximate surface area is 106 Å². The van der Waals surface area contributed by atoms with Gasteiger partial charge in [-0.3, -0.25) is 0 Å². The molecule has 1 aliphatic carbocycles. The number of hydrogen-bond donors (Lipinski definition) is 2. The number of nitrogens with zero attached hydrogens (tertiary/aromatic N) is 1. The van der Waals surface area contributed by atoms with Gasteiger partial charge in [0.25, 0.3) is 0 Å². The first-order valence-corrected chi connectivity index (χ1v) is 6.22. The molecule has 1 fully saturated rings. The van der Waals surface area contributed by atoms with Gasteiger partial charge in [-0.2, -0.15) is 0 Å². The molecule has 1 saturated carbocycles. The lowest BCUT2D eigenvalue weighted by molar-refractivity contribution is 0.634. The van der Waals surface area contributed by atoms with Crippen molar-refractivity contribution in [2.24, 2.45) is 0 Å². The lowest BCUT2D eigenvalue weighted by atomic mass is 10.3. The van der Waals surface area contributed by atoms with Gasteiger partial charge in [0.2, 0.25) is 0 Å². The molecule has 2 rings (SSSR count). The van der Waals surface area contributed by atoms with Crippen LogP contribution in [-0.4, -0.2) is 16.1 Å². The van der Waals surface area contributed by atoms with Gasteiger partial charge in [0, 0.05) is 12.2 Å². The van der Waals surface area contributed by atoms with Crippen LogP contribution in [0, 0.1) is 0 Å².